The molecule has 0 radical (unpaired) electrons. The number of rotatable bonds is 9. The largest absolute Gasteiger partial charge is 0.383 e. The molecule has 1 heterocycles. The Labute approximate surface area is 131 Å². The summed E-state index contributed by atoms with van der Waals surface area (Å²) in [5.74, 6) is 0. The molecule has 0 bridgehead atoms. The molecule has 2 aromatic rings. The van der Waals surface area contributed by atoms with E-state index in [0.29, 0.717) is 12.6 Å². The van der Waals surface area contributed by atoms with Gasteiger partial charge in [-0.3, -0.25) is 0 Å². The van der Waals surface area contributed by atoms with E-state index in [2.05, 4.69) is 53.2 Å². The Kier molecular flexibility index (Phi) is 6.89. The highest BCUT2D eigenvalue weighted by atomic mass is 32.1. The van der Waals surface area contributed by atoms with Crippen LogP contribution in [0.4, 0.5) is 0 Å². The molecular weight excluding hydrogens is 280 g/mol. The zero-order valence-electron chi connectivity index (χ0n) is 12.5. The van der Waals surface area contributed by atoms with E-state index in [9.17, 15) is 0 Å². The third-order valence-corrected chi connectivity index (χ3v) is 4.42. The maximum atomic E-state index is 5.64. The minimum atomic E-state index is 0.212. The van der Waals surface area contributed by atoms with Gasteiger partial charge in [-0.15, -0.1) is 11.3 Å². The summed E-state index contributed by atoms with van der Waals surface area (Å²) >= 11 is 1.78. The number of ether oxygens (including phenoxy) is 1. The van der Waals surface area contributed by atoms with E-state index in [1.165, 1.54) is 10.4 Å². The summed E-state index contributed by atoms with van der Waals surface area (Å²) in [7, 11) is 1.75. The molecule has 3 nitrogen and oxygen atoms in total. The number of nitrogens with one attached hydrogen (secondary N) is 1. The molecule has 3 N–H and O–H groups in total. The Hall–Kier alpha value is -1.20. The van der Waals surface area contributed by atoms with Crippen LogP contribution in [-0.2, 0) is 4.74 Å². The van der Waals surface area contributed by atoms with Crippen LogP contribution in [0.25, 0.3) is 0 Å². The minimum Gasteiger partial charge on any atom is -0.383 e. The van der Waals surface area contributed by atoms with Gasteiger partial charge in [-0.1, -0.05) is 36.4 Å². The molecule has 2 unspecified atom stereocenters. The van der Waals surface area contributed by atoms with Gasteiger partial charge in [0.1, 0.15) is 0 Å². The first-order valence-electron chi connectivity index (χ1n) is 7.38. The number of hydrogen-bond donors (Lipinski definition) is 2. The smallest absolute Gasteiger partial charge is 0.0673 e. The van der Waals surface area contributed by atoms with Gasteiger partial charge in [-0.25, -0.2) is 0 Å². The van der Waals surface area contributed by atoms with Crippen molar-refractivity contribution in [2.75, 3.05) is 20.3 Å². The molecule has 4 heteroatoms. The van der Waals surface area contributed by atoms with Gasteiger partial charge in [0.25, 0.3) is 0 Å². The van der Waals surface area contributed by atoms with E-state index >= 15 is 0 Å². The van der Waals surface area contributed by atoms with Gasteiger partial charge >= 0.3 is 0 Å². The summed E-state index contributed by atoms with van der Waals surface area (Å²) in [5, 5.41) is 5.86. The highest BCUT2D eigenvalue weighted by molar-refractivity contribution is 7.10. The molecule has 0 spiro atoms. The van der Waals surface area contributed by atoms with Crippen LogP contribution in [-0.4, -0.2) is 26.3 Å². The lowest BCUT2D eigenvalue weighted by Gasteiger charge is -2.25. The van der Waals surface area contributed by atoms with E-state index < -0.39 is 0 Å². The van der Waals surface area contributed by atoms with Crippen LogP contribution in [0.3, 0.4) is 0 Å². The lowest BCUT2D eigenvalue weighted by molar-refractivity contribution is 0.158. The van der Waals surface area contributed by atoms with E-state index in [-0.39, 0.29) is 6.04 Å². The molecule has 0 saturated heterocycles. The Morgan fingerprint density at radius 1 is 1.19 bits per heavy atom. The second-order valence-electron chi connectivity index (χ2n) is 5.11. The fourth-order valence-electron chi connectivity index (χ4n) is 2.46. The molecule has 2 atom stereocenters. The molecule has 0 amide bonds. The van der Waals surface area contributed by atoms with Gasteiger partial charge in [0.05, 0.1) is 12.6 Å². The van der Waals surface area contributed by atoms with Gasteiger partial charge in [0, 0.05) is 18.0 Å². The van der Waals surface area contributed by atoms with Gasteiger partial charge in [0.2, 0.25) is 0 Å². The molecule has 0 aliphatic heterocycles. The Morgan fingerprint density at radius 2 is 2.00 bits per heavy atom. The second-order valence-corrected chi connectivity index (χ2v) is 6.09. The zero-order chi connectivity index (χ0) is 14.9. The van der Waals surface area contributed by atoms with Crippen LogP contribution in [0, 0.1) is 0 Å². The summed E-state index contributed by atoms with van der Waals surface area (Å²) in [6.07, 6.45) is 2.03. The second kappa shape index (κ2) is 8.95. The van der Waals surface area contributed by atoms with Crippen molar-refractivity contribution in [2.45, 2.75) is 24.9 Å². The summed E-state index contributed by atoms with van der Waals surface area (Å²) in [6, 6.07) is 15.4. The molecule has 2 rings (SSSR count). The summed E-state index contributed by atoms with van der Waals surface area (Å²) in [4.78, 5) is 1.33. The Balaban J connectivity index is 2.15. The third-order valence-electron chi connectivity index (χ3n) is 3.49. The van der Waals surface area contributed by atoms with E-state index in [1.54, 1.807) is 18.4 Å². The van der Waals surface area contributed by atoms with Crippen LogP contribution in [0.2, 0.25) is 0 Å². The molecule has 0 aliphatic rings. The molecular formula is C17H24N2OS. The number of benzene rings is 1. The molecule has 114 valence electrons. The highest BCUT2D eigenvalue weighted by Gasteiger charge is 2.19. The molecule has 21 heavy (non-hydrogen) atoms. The maximum Gasteiger partial charge on any atom is 0.0673 e. The average Bonchev–Trinajstić information content (AvgIpc) is 3.05. The molecule has 1 aromatic heterocycles. The molecule has 0 aliphatic carbocycles. The van der Waals surface area contributed by atoms with Gasteiger partial charge in [-0.2, -0.15) is 0 Å². The van der Waals surface area contributed by atoms with Crippen molar-refractivity contribution in [1.29, 1.82) is 0 Å². The number of methoxy groups -OCH3 is 1. The average molecular weight is 304 g/mol. The van der Waals surface area contributed by atoms with Crippen LogP contribution in [0.5, 0.6) is 0 Å². The standard InChI is InChI=1S/C17H24N2OS/c1-20-13-15(9-5-11-18)19-17(16-10-6-12-21-16)14-7-3-2-4-8-14/h2-4,6-8,10,12,15,17,19H,5,9,11,13,18H2,1H3. The quantitative estimate of drug-likeness (QED) is 0.748. The number of nitrogens with two attached hydrogens (primary N) is 1. The topological polar surface area (TPSA) is 47.3 Å². The third kappa shape index (κ3) is 4.93. The zero-order valence-corrected chi connectivity index (χ0v) is 13.3. The van der Waals surface area contributed by atoms with Gasteiger partial charge in [-0.05, 0) is 36.4 Å². The van der Waals surface area contributed by atoms with Crippen molar-refractivity contribution < 1.29 is 4.74 Å². The van der Waals surface area contributed by atoms with Crippen LogP contribution >= 0.6 is 11.3 Å². The van der Waals surface area contributed by atoms with Crippen molar-refractivity contribution in [3.05, 3.63) is 58.3 Å². The number of thiophene rings is 1. The van der Waals surface area contributed by atoms with Crippen molar-refractivity contribution in [3.63, 3.8) is 0 Å². The van der Waals surface area contributed by atoms with Crippen molar-refractivity contribution in [2.24, 2.45) is 5.73 Å². The summed E-state index contributed by atoms with van der Waals surface area (Å²) < 4.78 is 5.36. The molecule has 0 saturated carbocycles. The monoisotopic (exact) mass is 304 g/mol. The first kappa shape index (κ1) is 16.2. The molecule has 1 aromatic carbocycles. The predicted octanol–water partition coefficient (Wildman–Crippen LogP) is 3.18. The van der Waals surface area contributed by atoms with Crippen LogP contribution in [0.1, 0.15) is 29.3 Å². The lowest BCUT2D eigenvalue weighted by atomic mass is 10.0. The first-order chi connectivity index (χ1) is 10.3. The van der Waals surface area contributed by atoms with Crippen molar-refractivity contribution in [1.82, 2.24) is 5.32 Å². The molecule has 0 fully saturated rings. The fourth-order valence-corrected chi connectivity index (χ4v) is 3.27. The van der Waals surface area contributed by atoms with Gasteiger partial charge < -0.3 is 15.8 Å². The Bertz CT molecular complexity index is 487. The SMILES string of the molecule is COCC(CCCN)NC(c1ccccc1)c1cccs1. The van der Waals surface area contributed by atoms with E-state index in [0.717, 1.165) is 19.4 Å². The summed E-state index contributed by atoms with van der Waals surface area (Å²) in [5.41, 5.74) is 6.93. The van der Waals surface area contributed by atoms with E-state index in [1.807, 2.05) is 0 Å². The fraction of sp³-hybridized carbons (Fsp3) is 0.412. The first-order valence-corrected chi connectivity index (χ1v) is 8.26. The van der Waals surface area contributed by atoms with Crippen molar-refractivity contribution >= 4 is 11.3 Å². The minimum absolute atomic E-state index is 0.212. The Morgan fingerprint density at radius 3 is 2.62 bits per heavy atom. The van der Waals surface area contributed by atoms with Gasteiger partial charge in [0.15, 0.2) is 0 Å². The van der Waals surface area contributed by atoms with Crippen LogP contribution in [0.15, 0.2) is 47.8 Å². The number of hydrogen-bond acceptors (Lipinski definition) is 4. The van der Waals surface area contributed by atoms with E-state index in [4.69, 9.17) is 10.5 Å². The lowest BCUT2D eigenvalue weighted by Crippen LogP contribution is -2.37. The van der Waals surface area contributed by atoms with Crippen LogP contribution < -0.4 is 11.1 Å². The summed E-state index contributed by atoms with van der Waals surface area (Å²) in [6.45, 7) is 1.42. The highest BCUT2D eigenvalue weighted by Crippen LogP contribution is 2.26. The maximum absolute atomic E-state index is 5.64. The predicted molar refractivity (Wildman–Crippen MR) is 89.7 cm³/mol. The normalized spacial score (nSPS) is 14.0. The van der Waals surface area contributed by atoms with Crippen molar-refractivity contribution in [3.8, 4) is 0 Å².